The van der Waals surface area contributed by atoms with Crippen LogP contribution in [0.2, 0.25) is 0 Å². The molecular formula is C16H26N2. The highest BCUT2D eigenvalue weighted by atomic mass is 15.1. The number of hydrogen-bond donors (Lipinski definition) is 1. The lowest BCUT2D eigenvalue weighted by Gasteiger charge is -2.36. The van der Waals surface area contributed by atoms with Crippen molar-refractivity contribution in [2.24, 2.45) is 11.7 Å². The van der Waals surface area contributed by atoms with Gasteiger partial charge in [-0.3, -0.25) is 0 Å². The molecule has 1 saturated carbocycles. The van der Waals surface area contributed by atoms with Crippen LogP contribution >= 0.6 is 0 Å². The molecular weight excluding hydrogens is 220 g/mol. The Bertz CT molecular complexity index is 361. The Morgan fingerprint density at radius 3 is 2.11 bits per heavy atom. The Hall–Kier alpha value is -0.860. The molecule has 1 unspecified atom stereocenters. The fourth-order valence-electron chi connectivity index (χ4n) is 3.22. The maximum absolute atomic E-state index is 6.02. The lowest BCUT2D eigenvalue weighted by molar-refractivity contribution is 0.164. The van der Waals surface area contributed by atoms with Crippen LogP contribution in [-0.2, 0) is 0 Å². The van der Waals surface area contributed by atoms with Crippen molar-refractivity contribution in [1.29, 1.82) is 0 Å². The van der Waals surface area contributed by atoms with Crippen molar-refractivity contribution in [3.05, 3.63) is 35.4 Å². The lowest BCUT2D eigenvalue weighted by atomic mass is 9.79. The summed E-state index contributed by atoms with van der Waals surface area (Å²) in [7, 11) is 4.39. The zero-order valence-corrected chi connectivity index (χ0v) is 11.9. The summed E-state index contributed by atoms with van der Waals surface area (Å²) in [5.41, 5.74) is 8.80. The second-order valence-electron chi connectivity index (χ2n) is 5.99. The minimum absolute atomic E-state index is 0.432. The van der Waals surface area contributed by atoms with E-state index >= 15 is 0 Å². The van der Waals surface area contributed by atoms with E-state index in [4.69, 9.17) is 5.73 Å². The zero-order valence-electron chi connectivity index (χ0n) is 11.9. The third-order valence-electron chi connectivity index (χ3n) is 4.24. The molecule has 18 heavy (non-hydrogen) atoms. The number of rotatable bonds is 3. The highest BCUT2D eigenvalue weighted by Crippen LogP contribution is 2.36. The van der Waals surface area contributed by atoms with E-state index < -0.39 is 0 Å². The number of nitrogens with zero attached hydrogens (tertiary/aromatic N) is 1. The van der Waals surface area contributed by atoms with Gasteiger partial charge in [-0.2, -0.15) is 0 Å². The molecule has 1 aromatic carbocycles. The van der Waals surface area contributed by atoms with Crippen LogP contribution in [0.5, 0.6) is 0 Å². The van der Waals surface area contributed by atoms with Gasteiger partial charge in [0.25, 0.3) is 0 Å². The maximum atomic E-state index is 6.02. The lowest BCUT2D eigenvalue weighted by Crippen LogP contribution is -2.34. The Morgan fingerprint density at radius 1 is 1.06 bits per heavy atom. The van der Waals surface area contributed by atoms with Crippen molar-refractivity contribution in [2.45, 2.75) is 44.7 Å². The Labute approximate surface area is 111 Å². The van der Waals surface area contributed by atoms with Gasteiger partial charge in [-0.05, 0) is 58.2 Å². The SMILES string of the molecule is Cc1ccc(C(C2CCC(N)CC2)N(C)C)cc1. The van der Waals surface area contributed by atoms with Gasteiger partial charge < -0.3 is 10.6 Å². The van der Waals surface area contributed by atoms with Crippen molar-refractivity contribution in [1.82, 2.24) is 4.90 Å². The maximum Gasteiger partial charge on any atom is 0.0370 e. The first-order valence-electron chi connectivity index (χ1n) is 7.06. The molecule has 2 nitrogen and oxygen atoms in total. The third-order valence-corrected chi connectivity index (χ3v) is 4.24. The Balaban J connectivity index is 2.15. The summed E-state index contributed by atoms with van der Waals surface area (Å²) < 4.78 is 0. The molecule has 1 fully saturated rings. The van der Waals surface area contributed by atoms with Gasteiger partial charge in [0.15, 0.2) is 0 Å². The normalized spacial score (nSPS) is 26.3. The smallest absolute Gasteiger partial charge is 0.0370 e. The van der Waals surface area contributed by atoms with E-state index in [1.807, 2.05) is 0 Å². The van der Waals surface area contributed by atoms with Crippen LogP contribution in [0.15, 0.2) is 24.3 Å². The van der Waals surface area contributed by atoms with Gasteiger partial charge in [-0.15, -0.1) is 0 Å². The van der Waals surface area contributed by atoms with Crippen LogP contribution in [0.3, 0.4) is 0 Å². The first-order valence-corrected chi connectivity index (χ1v) is 7.06. The molecule has 0 spiro atoms. The topological polar surface area (TPSA) is 29.3 Å². The van der Waals surface area contributed by atoms with Crippen LogP contribution in [0.4, 0.5) is 0 Å². The van der Waals surface area contributed by atoms with E-state index in [0.29, 0.717) is 12.1 Å². The third kappa shape index (κ3) is 3.12. The van der Waals surface area contributed by atoms with E-state index in [-0.39, 0.29) is 0 Å². The summed E-state index contributed by atoms with van der Waals surface area (Å²) in [4.78, 5) is 2.37. The van der Waals surface area contributed by atoms with Crippen LogP contribution < -0.4 is 5.73 Å². The quantitative estimate of drug-likeness (QED) is 0.888. The summed E-state index contributed by atoms with van der Waals surface area (Å²) in [5.74, 6) is 0.752. The molecule has 0 heterocycles. The van der Waals surface area contributed by atoms with Gasteiger partial charge in [0.1, 0.15) is 0 Å². The molecule has 0 radical (unpaired) electrons. The monoisotopic (exact) mass is 246 g/mol. The number of benzene rings is 1. The van der Waals surface area contributed by atoms with E-state index in [1.54, 1.807) is 0 Å². The predicted octanol–water partition coefficient (Wildman–Crippen LogP) is 3.12. The van der Waals surface area contributed by atoms with Crippen molar-refractivity contribution in [3.8, 4) is 0 Å². The number of aryl methyl sites for hydroxylation is 1. The molecule has 2 N–H and O–H groups in total. The highest BCUT2D eigenvalue weighted by Gasteiger charge is 2.28. The average Bonchev–Trinajstić information content (AvgIpc) is 2.34. The van der Waals surface area contributed by atoms with Gasteiger partial charge >= 0.3 is 0 Å². The van der Waals surface area contributed by atoms with Crippen LogP contribution in [0, 0.1) is 12.8 Å². The largest absolute Gasteiger partial charge is 0.328 e. The summed E-state index contributed by atoms with van der Waals surface area (Å²) in [6, 6.07) is 9.99. The summed E-state index contributed by atoms with van der Waals surface area (Å²) in [6.07, 6.45) is 4.89. The van der Waals surface area contributed by atoms with Gasteiger partial charge in [0.2, 0.25) is 0 Å². The fourth-order valence-corrected chi connectivity index (χ4v) is 3.22. The summed E-state index contributed by atoms with van der Waals surface area (Å²) >= 11 is 0. The second-order valence-corrected chi connectivity index (χ2v) is 5.99. The molecule has 2 heteroatoms. The Kier molecular flexibility index (Phi) is 4.41. The average molecular weight is 246 g/mol. The molecule has 0 saturated heterocycles. The van der Waals surface area contributed by atoms with E-state index in [2.05, 4.69) is 50.2 Å². The van der Waals surface area contributed by atoms with Crippen molar-refractivity contribution in [2.75, 3.05) is 14.1 Å². The molecule has 1 aliphatic rings. The van der Waals surface area contributed by atoms with Crippen LogP contribution in [0.1, 0.15) is 42.9 Å². The van der Waals surface area contributed by atoms with Crippen LogP contribution in [0.25, 0.3) is 0 Å². The summed E-state index contributed by atoms with van der Waals surface area (Å²) in [5, 5.41) is 0. The van der Waals surface area contributed by atoms with E-state index in [9.17, 15) is 0 Å². The minimum Gasteiger partial charge on any atom is -0.328 e. The fraction of sp³-hybridized carbons (Fsp3) is 0.625. The number of hydrogen-bond acceptors (Lipinski definition) is 2. The van der Waals surface area contributed by atoms with E-state index in [0.717, 1.165) is 5.92 Å². The zero-order chi connectivity index (χ0) is 13.1. The molecule has 0 aliphatic heterocycles. The molecule has 1 atom stereocenters. The molecule has 0 bridgehead atoms. The van der Waals surface area contributed by atoms with E-state index in [1.165, 1.54) is 36.8 Å². The highest BCUT2D eigenvalue weighted by molar-refractivity contribution is 5.24. The van der Waals surface area contributed by atoms with Gasteiger partial charge in [0.05, 0.1) is 0 Å². The standard InChI is InChI=1S/C16H26N2/c1-12-4-6-13(7-5-12)16(18(2)3)14-8-10-15(17)11-9-14/h4-7,14-16H,8-11,17H2,1-3H3. The molecule has 0 amide bonds. The molecule has 0 aromatic heterocycles. The van der Waals surface area contributed by atoms with Crippen molar-refractivity contribution < 1.29 is 0 Å². The van der Waals surface area contributed by atoms with Gasteiger partial charge in [0, 0.05) is 12.1 Å². The summed E-state index contributed by atoms with van der Waals surface area (Å²) in [6.45, 7) is 2.15. The minimum atomic E-state index is 0.432. The first kappa shape index (κ1) is 13.6. The Morgan fingerprint density at radius 2 is 1.61 bits per heavy atom. The van der Waals surface area contributed by atoms with Crippen LogP contribution in [-0.4, -0.2) is 25.0 Å². The molecule has 1 aromatic rings. The molecule has 2 rings (SSSR count). The first-order chi connectivity index (χ1) is 8.58. The molecule has 100 valence electrons. The van der Waals surface area contributed by atoms with Crippen molar-refractivity contribution in [3.63, 3.8) is 0 Å². The van der Waals surface area contributed by atoms with Crippen molar-refractivity contribution >= 4 is 0 Å². The number of nitrogens with two attached hydrogens (primary N) is 1. The van der Waals surface area contributed by atoms with Gasteiger partial charge in [-0.1, -0.05) is 29.8 Å². The molecule has 1 aliphatic carbocycles. The predicted molar refractivity (Wildman–Crippen MR) is 77.5 cm³/mol. The van der Waals surface area contributed by atoms with Gasteiger partial charge in [-0.25, -0.2) is 0 Å². The second kappa shape index (κ2) is 5.85.